The van der Waals surface area contributed by atoms with Crippen LogP contribution in [0.4, 0.5) is 5.69 Å². The van der Waals surface area contributed by atoms with E-state index in [1.54, 1.807) is 18.4 Å². The molecule has 1 heterocycles. The molecule has 4 nitrogen and oxygen atoms in total. The van der Waals surface area contributed by atoms with Gasteiger partial charge in [-0.25, -0.2) is 4.98 Å². The van der Waals surface area contributed by atoms with Crippen LogP contribution >= 0.6 is 11.3 Å². The number of thiazole rings is 1. The van der Waals surface area contributed by atoms with E-state index in [4.69, 9.17) is 10.5 Å². The van der Waals surface area contributed by atoms with Crippen molar-refractivity contribution in [2.45, 2.75) is 13.1 Å². The van der Waals surface area contributed by atoms with E-state index in [0.717, 1.165) is 28.6 Å². The zero-order chi connectivity index (χ0) is 12.1. The van der Waals surface area contributed by atoms with Gasteiger partial charge >= 0.3 is 0 Å². The maximum atomic E-state index is 5.90. The van der Waals surface area contributed by atoms with Crippen molar-refractivity contribution in [3.8, 4) is 5.75 Å². The Morgan fingerprint density at radius 3 is 3.00 bits per heavy atom. The summed E-state index contributed by atoms with van der Waals surface area (Å²) in [5.41, 5.74) is 7.71. The fourth-order valence-corrected chi connectivity index (χ4v) is 2.09. The summed E-state index contributed by atoms with van der Waals surface area (Å²) in [6, 6.07) is 5.67. The highest BCUT2D eigenvalue weighted by atomic mass is 32.1. The van der Waals surface area contributed by atoms with Gasteiger partial charge in [-0.1, -0.05) is 0 Å². The third-order valence-electron chi connectivity index (χ3n) is 2.43. The minimum atomic E-state index is 0.711. The average Bonchev–Trinajstić information content (AvgIpc) is 2.84. The SMILES string of the molecule is COc1ccc(N)c(CNCc2nccs2)c1. The van der Waals surface area contributed by atoms with Gasteiger partial charge in [0.05, 0.1) is 7.11 Å². The Balaban J connectivity index is 1.94. The van der Waals surface area contributed by atoms with Crippen LogP contribution in [0.1, 0.15) is 10.6 Å². The Morgan fingerprint density at radius 1 is 1.41 bits per heavy atom. The van der Waals surface area contributed by atoms with E-state index in [1.807, 2.05) is 29.8 Å². The number of ether oxygens (including phenoxy) is 1. The molecule has 0 aliphatic rings. The smallest absolute Gasteiger partial charge is 0.119 e. The summed E-state index contributed by atoms with van der Waals surface area (Å²) >= 11 is 1.64. The Hall–Kier alpha value is -1.59. The first-order valence-corrected chi connectivity index (χ1v) is 6.19. The van der Waals surface area contributed by atoms with Crippen molar-refractivity contribution >= 4 is 17.0 Å². The second-order valence-corrected chi connectivity index (χ2v) is 4.57. The molecule has 0 saturated carbocycles. The van der Waals surface area contributed by atoms with Crippen molar-refractivity contribution in [2.75, 3.05) is 12.8 Å². The van der Waals surface area contributed by atoms with Gasteiger partial charge in [-0.05, 0) is 23.8 Å². The van der Waals surface area contributed by atoms with Crippen LogP contribution in [0.2, 0.25) is 0 Å². The Labute approximate surface area is 104 Å². The molecule has 5 heteroatoms. The summed E-state index contributed by atoms with van der Waals surface area (Å²) in [6.07, 6.45) is 1.81. The number of anilines is 1. The largest absolute Gasteiger partial charge is 0.497 e. The van der Waals surface area contributed by atoms with Crippen molar-refractivity contribution in [3.63, 3.8) is 0 Å². The maximum absolute atomic E-state index is 5.90. The van der Waals surface area contributed by atoms with E-state index in [2.05, 4.69) is 10.3 Å². The van der Waals surface area contributed by atoms with Gasteiger partial charge in [0.25, 0.3) is 0 Å². The molecule has 3 N–H and O–H groups in total. The number of nitrogens with one attached hydrogen (secondary N) is 1. The molecule has 0 aliphatic heterocycles. The van der Waals surface area contributed by atoms with Crippen molar-refractivity contribution in [1.29, 1.82) is 0 Å². The molecule has 0 saturated heterocycles. The Morgan fingerprint density at radius 2 is 2.29 bits per heavy atom. The molecule has 1 aromatic carbocycles. The number of nitrogen functional groups attached to an aromatic ring is 1. The molecular weight excluding hydrogens is 234 g/mol. The van der Waals surface area contributed by atoms with Gasteiger partial charge in [0.1, 0.15) is 10.8 Å². The molecule has 1 aromatic heterocycles. The summed E-state index contributed by atoms with van der Waals surface area (Å²) in [4.78, 5) is 4.20. The molecule has 17 heavy (non-hydrogen) atoms. The zero-order valence-corrected chi connectivity index (χ0v) is 10.5. The van der Waals surface area contributed by atoms with Crippen LogP contribution in [0.3, 0.4) is 0 Å². The van der Waals surface area contributed by atoms with Crippen molar-refractivity contribution < 1.29 is 4.74 Å². The minimum absolute atomic E-state index is 0.711. The van der Waals surface area contributed by atoms with Crippen molar-refractivity contribution in [1.82, 2.24) is 10.3 Å². The van der Waals surface area contributed by atoms with Crippen LogP contribution in [-0.4, -0.2) is 12.1 Å². The normalized spacial score (nSPS) is 10.4. The van der Waals surface area contributed by atoms with E-state index in [-0.39, 0.29) is 0 Å². The summed E-state index contributed by atoms with van der Waals surface area (Å²) in [5, 5.41) is 6.35. The topological polar surface area (TPSA) is 60.2 Å². The average molecular weight is 249 g/mol. The number of benzene rings is 1. The summed E-state index contributed by atoms with van der Waals surface area (Å²) < 4.78 is 5.17. The van der Waals surface area contributed by atoms with Crippen LogP contribution < -0.4 is 15.8 Å². The first-order valence-electron chi connectivity index (χ1n) is 5.31. The van der Waals surface area contributed by atoms with E-state index < -0.39 is 0 Å². The molecule has 0 atom stereocenters. The molecule has 2 aromatic rings. The molecule has 0 radical (unpaired) electrons. The highest BCUT2D eigenvalue weighted by molar-refractivity contribution is 7.09. The van der Waals surface area contributed by atoms with Crippen LogP contribution in [-0.2, 0) is 13.1 Å². The van der Waals surface area contributed by atoms with Crippen LogP contribution in [0.15, 0.2) is 29.8 Å². The lowest BCUT2D eigenvalue weighted by Gasteiger charge is -2.08. The summed E-state index contributed by atoms with van der Waals surface area (Å²) in [6.45, 7) is 1.47. The van der Waals surface area contributed by atoms with Gasteiger partial charge < -0.3 is 15.8 Å². The molecule has 2 rings (SSSR count). The summed E-state index contributed by atoms with van der Waals surface area (Å²) in [7, 11) is 1.65. The first-order chi connectivity index (χ1) is 8.29. The van der Waals surface area contributed by atoms with Gasteiger partial charge in [0, 0.05) is 30.4 Å². The summed E-state index contributed by atoms with van der Waals surface area (Å²) in [5.74, 6) is 0.824. The van der Waals surface area contributed by atoms with Gasteiger partial charge in [-0.2, -0.15) is 0 Å². The minimum Gasteiger partial charge on any atom is -0.497 e. The van der Waals surface area contributed by atoms with Gasteiger partial charge in [-0.3, -0.25) is 0 Å². The number of nitrogens with two attached hydrogens (primary N) is 1. The lowest BCUT2D eigenvalue weighted by molar-refractivity contribution is 0.414. The van der Waals surface area contributed by atoms with Gasteiger partial charge in [0.2, 0.25) is 0 Å². The fourth-order valence-electron chi connectivity index (χ4n) is 1.51. The number of aromatic nitrogens is 1. The predicted octanol–water partition coefficient (Wildman–Crippen LogP) is 2.02. The van der Waals surface area contributed by atoms with E-state index in [1.165, 1.54) is 0 Å². The lowest BCUT2D eigenvalue weighted by Crippen LogP contribution is -2.13. The quantitative estimate of drug-likeness (QED) is 0.796. The second-order valence-electron chi connectivity index (χ2n) is 3.59. The fraction of sp³-hybridized carbons (Fsp3) is 0.250. The standard InChI is InChI=1S/C12H15N3OS/c1-16-10-2-3-11(13)9(6-10)7-14-8-12-15-4-5-17-12/h2-6,14H,7-8,13H2,1H3. The third-order valence-corrected chi connectivity index (χ3v) is 3.20. The van der Waals surface area contributed by atoms with Crippen LogP contribution in [0.5, 0.6) is 5.75 Å². The van der Waals surface area contributed by atoms with Crippen molar-refractivity contribution in [2.24, 2.45) is 0 Å². The molecule has 0 aliphatic carbocycles. The molecule has 0 spiro atoms. The van der Waals surface area contributed by atoms with Crippen LogP contribution in [0.25, 0.3) is 0 Å². The Kier molecular flexibility index (Phi) is 3.95. The van der Waals surface area contributed by atoms with Crippen molar-refractivity contribution in [3.05, 3.63) is 40.3 Å². The first kappa shape index (κ1) is 11.9. The van der Waals surface area contributed by atoms with Gasteiger partial charge in [0.15, 0.2) is 0 Å². The monoisotopic (exact) mass is 249 g/mol. The lowest BCUT2D eigenvalue weighted by atomic mass is 10.1. The number of rotatable bonds is 5. The molecular formula is C12H15N3OS. The predicted molar refractivity (Wildman–Crippen MR) is 70.1 cm³/mol. The van der Waals surface area contributed by atoms with E-state index in [0.29, 0.717) is 6.54 Å². The number of hydrogen-bond acceptors (Lipinski definition) is 5. The Bertz CT molecular complexity index is 471. The molecule has 0 amide bonds. The highest BCUT2D eigenvalue weighted by Crippen LogP contribution is 2.19. The number of hydrogen-bond donors (Lipinski definition) is 2. The molecule has 90 valence electrons. The highest BCUT2D eigenvalue weighted by Gasteiger charge is 2.02. The number of methoxy groups -OCH3 is 1. The van der Waals surface area contributed by atoms with E-state index in [9.17, 15) is 0 Å². The third kappa shape index (κ3) is 3.18. The molecule has 0 unspecified atom stereocenters. The molecule has 0 bridgehead atoms. The maximum Gasteiger partial charge on any atom is 0.119 e. The van der Waals surface area contributed by atoms with E-state index >= 15 is 0 Å². The molecule has 0 fully saturated rings. The van der Waals surface area contributed by atoms with Crippen LogP contribution in [0, 0.1) is 0 Å². The zero-order valence-electron chi connectivity index (χ0n) is 9.64. The second kappa shape index (κ2) is 5.65. The van der Waals surface area contributed by atoms with Gasteiger partial charge in [-0.15, -0.1) is 11.3 Å². The number of nitrogens with zero attached hydrogens (tertiary/aromatic N) is 1.